The number of sulfonamides is 1. The Labute approximate surface area is 134 Å². The Kier molecular flexibility index (Phi) is 5.00. The summed E-state index contributed by atoms with van der Waals surface area (Å²) in [4.78, 5) is 10.9. The van der Waals surface area contributed by atoms with Crippen LogP contribution in [0.4, 0.5) is 10.1 Å². The first kappa shape index (κ1) is 17.0. The highest BCUT2D eigenvalue weighted by atomic mass is 32.2. The van der Waals surface area contributed by atoms with Crippen LogP contribution in [0.25, 0.3) is 0 Å². The fourth-order valence-electron chi connectivity index (χ4n) is 1.97. The standard InChI is InChI=1S/C16H16FNO4S/c1-3-11-4-7-13(8-5-11)18-23(20,21)15-10-12(16(19)22-2)6-9-14(15)17/h4-10,18H,3H2,1-2H3. The van der Waals surface area contributed by atoms with Crippen LogP contribution in [0.2, 0.25) is 0 Å². The number of rotatable bonds is 5. The average molecular weight is 337 g/mol. The van der Waals surface area contributed by atoms with Crippen LogP contribution in [0, 0.1) is 5.82 Å². The Morgan fingerprint density at radius 2 is 1.83 bits per heavy atom. The van der Waals surface area contributed by atoms with Crippen LogP contribution in [-0.2, 0) is 21.2 Å². The van der Waals surface area contributed by atoms with Gasteiger partial charge in [0.1, 0.15) is 10.7 Å². The van der Waals surface area contributed by atoms with Gasteiger partial charge in [-0.25, -0.2) is 17.6 Å². The number of hydrogen-bond donors (Lipinski definition) is 1. The smallest absolute Gasteiger partial charge is 0.337 e. The molecule has 1 N–H and O–H groups in total. The predicted molar refractivity (Wildman–Crippen MR) is 84.4 cm³/mol. The number of methoxy groups -OCH3 is 1. The van der Waals surface area contributed by atoms with Gasteiger partial charge in [-0.1, -0.05) is 19.1 Å². The van der Waals surface area contributed by atoms with Gasteiger partial charge in [-0.15, -0.1) is 0 Å². The van der Waals surface area contributed by atoms with Crippen LogP contribution >= 0.6 is 0 Å². The Morgan fingerprint density at radius 3 is 2.39 bits per heavy atom. The predicted octanol–water partition coefficient (Wildman–Crippen LogP) is 2.98. The third-order valence-electron chi connectivity index (χ3n) is 3.26. The maximum absolute atomic E-state index is 13.9. The van der Waals surface area contributed by atoms with Crippen LogP contribution in [0.1, 0.15) is 22.8 Å². The van der Waals surface area contributed by atoms with Crippen LogP contribution in [0.15, 0.2) is 47.4 Å². The SMILES string of the molecule is CCc1ccc(NS(=O)(=O)c2cc(C(=O)OC)ccc2F)cc1. The molecule has 0 heterocycles. The summed E-state index contributed by atoms with van der Waals surface area (Å²) in [5.74, 6) is -1.69. The van der Waals surface area contributed by atoms with Crippen molar-refractivity contribution in [1.82, 2.24) is 0 Å². The van der Waals surface area contributed by atoms with E-state index in [0.717, 1.165) is 37.3 Å². The maximum atomic E-state index is 13.9. The highest BCUT2D eigenvalue weighted by Gasteiger charge is 2.21. The maximum Gasteiger partial charge on any atom is 0.337 e. The Bertz CT molecular complexity index is 816. The first-order valence-electron chi connectivity index (χ1n) is 6.87. The molecule has 0 aliphatic rings. The summed E-state index contributed by atoms with van der Waals surface area (Å²) < 4.78 is 45.4. The average Bonchev–Trinajstić information content (AvgIpc) is 2.54. The van der Waals surface area contributed by atoms with Crippen LogP contribution in [0.3, 0.4) is 0 Å². The Hall–Kier alpha value is -2.41. The molecule has 0 radical (unpaired) electrons. The molecule has 0 fully saturated rings. The summed E-state index contributed by atoms with van der Waals surface area (Å²) in [5, 5.41) is 0. The molecular weight excluding hydrogens is 321 g/mol. The monoisotopic (exact) mass is 337 g/mol. The van der Waals surface area contributed by atoms with E-state index < -0.39 is 26.7 Å². The first-order valence-corrected chi connectivity index (χ1v) is 8.35. The summed E-state index contributed by atoms with van der Waals surface area (Å²) >= 11 is 0. The molecule has 2 aromatic rings. The zero-order chi connectivity index (χ0) is 17.0. The third-order valence-corrected chi connectivity index (χ3v) is 4.65. The molecule has 2 aromatic carbocycles. The molecule has 7 heteroatoms. The second-order valence-corrected chi connectivity index (χ2v) is 6.44. The van der Waals surface area contributed by atoms with E-state index in [-0.39, 0.29) is 5.56 Å². The molecule has 23 heavy (non-hydrogen) atoms. The number of carbonyl (C=O) groups excluding carboxylic acids is 1. The van der Waals surface area contributed by atoms with Crippen molar-refractivity contribution in [1.29, 1.82) is 0 Å². The molecule has 0 spiro atoms. The number of ether oxygens (including phenoxy) is 1. The minimum Gasteiger partial charge on any atom is -0.465 e. The molecule has 0 unspecified atom stereocenters. The molecule has 5 nitrogen and oxygen atoms in total. The summed E-state index contributed by atoms with van der Waals surface area (Å²) in [6, 6.07) is 9.77. The van der Waals surface area contributed by atoms with Crippen molar-refractivity contribution in [2.75, 3.05) is 11.8 Å². The van der Waals surface area contributed by atoms with Gasteiger partial charge in [0.25, 0.3) is 10.0 Å². The van der Waals surface area contributed by atoms with Crippen molar-refractivity contribution in [3.05, 3.63) is 59.4 Å². The number of halogens is 1. The molecule has 0 saturated carbocycles. The molecule has 0 aliphatic carbocycles. The normalized spacial score (nSPS) is 11.1. The number of aryl methyl sites for hydroxylation is 1. The zero-order valence-electron chi connectivity index (χ0n) is 12.7. The molecule has 0 bridgehead atoms. The number of benzene rings is 2. The lowest BCUT2D eigenvalue weighted by atomic mass is 10.2. The fourth-order valence-corrected chi connectivity index (χ4v) is 3.14. The van der Waals surface area contributed by atoms with Crippen molar-refractivity contribution < 1.29 is 22.3 Å². The van der Waals surface area contributed by atoms with E-state index in [1.54, 1.807) is 24.3 Å². The quantitative estimate of drug-likeness (QED) is 0.852. The molecule has 0 atom stereocenters. The largest absolute Gasteiger partial charge is 0.465 e. The lowest BCUT2D eigenvalue weighted by Gasteiger charge is -2.10. The topological polar surface area (TPSA) is 72.5 Å². The van der Waals surface area contributed by atoms with Gasteiger partial charge in [0.15, 0.2) is 0 Å². The van der Waals surface area contributed by atoms with Gasteiger partial charge in [0, 0.05) is 5.69 Å². The summed E-state index contributed by atoms with van der Waals surface area (Å²) in [6.07, 6.45) is 0.822. The number of hydrogen-bond acceptors (Lipinski definition) is 4. The van der Waals surface area contributed by atoms with Gasteiger partial charge < -0.3 is 4.74 Å². The van der Waals surface area contributed by atoms with Crippen molar-refractivity contribution in [3.8, 4) is 0 Å². The van der Waals surface area contributed by atoms with Gasteiger partial charge in [-0.3, -0.25) is 4.72 Å². The highest BCUT2D eigenvalue weighted by molar-refractivity contribution is 7.92. The number of esters is 1. The number of nitrogens with one attached hydrogen (secondary N) is 1. The van der Waals surface area contributed by atoms with Gasteiger partial charge in [0.2, 0.25) is 0 Å². The van der Waals surface area contributed by atoms with Gasteiger partial charge in [0.05, 0.1) is 12.7 Å². The van der Waals surface area contributed by atoms with Crippen LogP contribution in [0.5, 0.6) is 0 Å². The van der Waals surface area contributed by atoms with E-state index in [1.807, 2.05) is 6.92 Å². The highest BCUT2D eigenvalue weighted by Crippen LogP contribution is 2.21. The van der Waals surface area contributed by atoms with E-state index >= 15 is 0 Å². The van der Waals surface area contributed by atoms with Crippen LogP contribution < -0.4 is 4.72 Å². The van der Waals surface area contributed by atoms with Crippen molar-refractivity contribution >= 4 is 21.7 Å². The number of anilines is 1. The lowest BCUT2D eigenvalue weighted by Crippen LogP contribution is -2.16. The molecule has 122 valence electrons. The minimum absolute atomic E-state index is 0.0457. The molecule has 0 saturated heterocycles. The zero-order valence-corrected chi connectivity index (χ0v) is 13.5. The van der Waals surface area contributed by atoms with E-state index in [1.165, 1.54) is 0 Å². The first-order chi connectivity index (χ1) is 10.9. The van der Waals surface area contributed by atoms with E-state index in [9.17, 15) is 17.6 Å². The third kappa shape index (κ3) is 3.87. The van der Waals surface area contributed by atoms with E-state index in [4.69, 9.17) is 0 Å². The Balaban J connectivity index is 2.36. The van der Waals surface area contributed by atoms with Crippen molar-refractivity contribution in [2.45, 2.75) is 18.2 Å². The van der Waals surface area contributed by atoms with Gasteiger partial charge >= 0.3 is 5.97 Å². The second kappa shape index (κ2) is 6.78. The molecule has 2 rings (SSSR count). The fraction of sp³-hybridized carbons (Fsp3) is 0.188. The second-order valence-electron chi connectivity index (χ2n) is 4.79. The van der Waals surface area contributed by atoms with Gasteiger partial charge in [-0.2, -0.15) is 0 Å². The Morgan fingerprint density at radius 1 is 1.17 bits per heavy atom. The van der Waals surface area contributed by atoms with E-state index in [2.05, 4.69) is 9.46 Å². The molecule has 0 amide bonds. The van der Waals surface area contributed by atoms with Crippen LogP contribution in [-0.4, -0.2) is 21.5 Å². The van der Waals surface area contributed by atoms with E-state index in [0.29, 0.717) is 5.69 Å². The minimum atomic E-state index is -4.16. The summed E-state index contributed by atoms with van der Waals surface area (Å²) in [5.41, 5.74) is 1.31. The van der Waals surface area contributed by atoms with Crippen molar-refractivity contribution in [3.63, 3.8) is 0 Å². The molecule has 0 aliphatic heterocycles. The lowest BCUT2D eigenvalue weighted by molar-refractivity contribution is 0.0600. The van der Waals surface area contributed by atoms with Crippen molar-refractivity contribution in [2.24, 2.45) is 0 Å². The summed E-state index contributed by atoms with van der Waals surface area (Å²) in [7, 11) is -3.00. The summed E-state index contributed by atoms with van der Waals surface area (Å²) in [6.45, 7) is 1.98. The molecule has 0 aromatic heterocycles. The van der Waals surface area contributed by atoms with Gasteiger partial charge in [-0.05, 0) is 42.3 Å². The molecular formula is C16H16FNO4S. The number of carbonyl (C=O) groups is 1.